The van der Waals surface area contributed by atoms with E-state index in [0.717, 1.165) is 4.90 Å². The number of hydrogen-bond donors (Lipinski definition) is 1. The summed E-state index contributed by atoms with van der Waals surface area (Å²) < 4.78 is 0. The van der Waals surface area contributed by atoms with Crippen LogP contribution in [0.3, 0.4) is 0 Å². The Morgan fingerprint density at radius 3 is 2.43 bits per heavy atom. The number of likely N-dealkylation sites (N-methyl/N-ethyl adjacent to an activating group) is 1. The van der Waals surface area contributed by atoms with E-state index in [-0.39, 0.29) is 35.3 Å². The predicted octanol–water partition coefficient (Wildman–Crippen LogP) is 3.52. The van der Waals surface area contributed by atoms with Crippen LogP contribution in [0.1, 0.15) is 21.7 Å². The lowest BCUT2D eigenvalue weighted by Crippen LogP contribution is -2.36. The van der Waals surface area contributed by atoms with Gasteiger partial charge in [-0.25, -0.2) is 4.79 Å². The Morgan fingerprint density at radius 2 is 1.87 bits per heavy atom. The predicted molar refractivity (Wildman–Crippen MR) is 114 cm³/mol. The second-order valence-corrected chi connectivity index (χ2v) is 8.00. The Hall–Kier alpha value is -2.84. The number of nitrogens with zero attached hydrogens (tertiary/aromatic N) is 4. The van der Waals surface area contributed by atoms with Gasteiger partial charge in [0.15, 0.2) is 0 Å². The smallest absolute Gasteiger partial charge is 0.411 e. The van der Waals surface area contributed by atoms with Crippen molar-refractivity contribution in [1.82, 2.24) is 14.8 Å². The summed E-state index contributed by atoms with van der Waals surface area (Å²) >= 11 is 12.5. The summed E-state index contributed by atoms with van der Waals surface area (Å²) in [6.07, 6.45) is -1.21. The third-order valence-electron chi connectivity index (χ3n) is 4.91. The fraction of sp³-hybridized carbons (Fsp3) is 0.300. The third-order valence-corrected chi connectivity index (χ3v) is 5.46. The minimum atomic E-state index is -1.21. The molecule has 3 amide bonds. The molecule has 0 radical (unpaired) electrons. The molecule has 10 heteroatoms. The van der Waals surface area contributed by atoms with Gasteiger partial charge in [0.25, 0.3) is 5.91 Å². The molecule has 3 rings (SSSR count). The molecule has 0 atom stereocenters. The number of fused-ring (bicyclic) bond motifs is 1. The fourth-order valence-corrected chi connectivity index (χ4v) is 3.91. The van der Waals surface area contributed by atoms with E-state index in [1.54, 1.807) is 33.2 Å². The van der Waals surface area contributed by atoms with Crippen molar-refractivity contribution >= 4 is 46.8 Å². The molecule has 1 N–H and O–H groups in total. The SMILES string of the molecule is Cc1nc2c(c(-c3ccc(Cl)cc3Cl)c1N(C)C(=O)O)C(=O)N(CC(=O)N(C)C)C2. The number of carbonyl (C=O) groups excluding carboxylic acids is 2. The van der Waals surface area contributed by atoms with Crippen molar-refractivity contribution in [3.8, 4) is 11.1 Å². The number of halogens is 2. The Kier molecular flexibility index (Phi) is 5.92. The van der Waals surface area contributed by atoms with Crippen molar-refractivity contribution in [2.75, 3.05) is 32.6 Å². The molecule has 0 bridgehead atoms. The van der Waals surface area contributed by atoms with Crippen LogP contribution >= 0.6 is 23.2 Å². The van der Waals surface area contributed by atoms with Gasteiger partial charge in [0.2, 0.25) is 5.91 Å². The number of amides is 3. The van der Waals surface area contributed by atoms with E-state index >= 15 is 0 Å². The van der Waals surface area contributed by atoms with Crippen molar-refractivity contribution in [2.24, 2.45) is 0 Å². The van der Waals surface area contributed by atoms with Gasteiger partial charge in [0.05, 0.1) is 29.2 Å². The molecule has 0 spiro atoms. The summed E-state index contributed by atoms with van der Waals surface area (Å²) in [7, 11) is 4.59. The van der Waals surface area contributed by atoms with Gasteiger partial charge in [-0.3, -0.25) is 19.5 Å². The number of carboxylic acid groups (broad SMARTS) is 1. The molecular weight excluding hydrogens is 431 g/mol. The highest BCUT2D eigenvalue weighted by Crippen LogP contribution is 2.43. The lowest BCUT2D eigenvalue weighted by molar-refractivity contribution is -0.129. The van der Waals surface area contributed by atoms with Crippen LogP contribution in [0.15, 0.2) is 18.2 Å². The number of carbonyl (C=O) groups is 3. The molecule has 2 heterocycles. The highest BCUT2D eigenvalue weighted by molar-refractivity contribution is 6.37. The molecule has 158 valence electrons. The zero-order valence-electron chi connectivity index (χ0n) is 16.9. The maximum absolute atomic E-state index is 13.3. The summed E-state index contributed by atoms with van der Waals surface area (Å²) in [5.41, 5.74) is 2.19. The number of aromatic nitrogens is 1. The molecule has 0 saturated heterocycles. The van der Waals surface area contributed by atoms with E-state index in [4.69, 9.17) is 23.2 Å². The molecule has 0 aliphatic carbocycles. The first-order valence-electron chi connectivity index (χ1n) is 8.97. The molecule has 1 aromatic carbocycles. The quantitative estimate of drug-likeness (QED) is 0.768. The molecule has 0 fully saturated rings. The van der Waals surface area contributed by atoms with Crippen LogP contribution in [0.25, 0.3) is 11.1 Å². The molecular formula is C20H20Cl2N4O4. The third kappa shape index (κ3) is 3.80. The van der Waals surface area contributed by atoms with Crippen LogP contribution in [-0.2, 0) is 11.3 Å². The maximum Gasteiger partial charge on any atom is 0.411 e. The zero-order chi connectivity index (χ0) is 22.3. The second-order valence-electron chi connectivity index (χ2n) is 7.16. The largest absolute Gasteiger partial charge is 0.465 e. The zero-order valence-corrected chi connectivity index (χ0v) is 18.4. The van der Waals surface area contributed by atoms with E-state index in [1.165, 1.54) is 22.9 Å². The van der Waals surface area contributed by atoms with E-state index < -0.39 is 12.0 Å². The van der Waals surface area contributed by atoms with Crippen molar-refractivity contribution in [3.63, 3.8) is 0 Å². The Balaban J connectivity index is 2.26. The van der Waals surface area contributed by atoms with Gasteiger partial charge < -0.3 is 14.9 Å². The monoisotopic (exact) mass is 450 g/mol. The lowest BCUT2D eigenvalue weighted by Gasteiger charge is -2.22. The molecule has 0 unspecified atom stereocenters. The molecule has 1 aromatic heterocycles. The van der Waals surface area contributed by atoms with E-state index in [1.807, 2.05) is 0 Å². The van der Waals surface area contributed by atoms with Gasteiger partial charge in [-0.1, -0.05) is 29.3 Å². The lowest BCUT2D eigenvalue weighted by atomic mass is 9.95. The van der Waals surface area contributed by atoms with Gasteiger partial charge in [-0.15, -0.1) is 0 Å². The minimum absolute atomic E-state index is 0.112. The van der Waals surface area contributed by atoms with Gasteiger partial charge in [0, 0.05) is 42.3 Å². The van der Waals surface area contributed by atoms with E-state index in [2.05, 4.69) is 4.98 Å². The highest BCUT2D eigenvalue weighted by Gasteiger charge is 2.37. The Bertz CT molecular complexity index is 1070. The second kappa shape index (κ2) is 8.12. The van der Waals surface area contributed by atoms with Gasteiger partial charge in [-0.05, 0) is 19.1 Å². The summed E-state index contributed by atoms with van der Waals surface area (Å²) in [6, 6.07) is 4.78. The minimum Gasteiger partial charge on any atom is -0.465 e. The first-order chi connectivity index (χ1) is 14.0. The van der Waals surface area contributed by atoms with E-state index in [9.17, 15) is 19.5 Å². The maximum atomic E-state index is 13.3. The first kappa shape index (κ1) is 21.9. The molecule has 0 saturated carbocycles. The number of pyridine rings is 1. The normalized spacial score (nSPS) is 12.7. The van der Waals surface area contributed by atoms with Crippen LogP contribution in [0.4, 0.5) is 10.5 Å². The Labute approximate surface area is 183 Å². The number of anilines is 1. The fourth-order valence-electron chi connectivity index (χ4n) is 3.40. The summed E-state index contributed by atoms with van der Waals surface area (Å²) in [4.78, 5) is 45.4. The number of aryl methyl sites for hydroxylation is 1. The van der Waals surface area contributed by atoms with Crippen LogP contribution in [0.5, 0.6) is 0 Å². The number of rotatable bonds is 4. The summed E-state index contributed by atoms with van der Waals surface area (Å²) in [5, 5.41) is 10.3. The summed E-state index contributed by atoms with van der Waals surface area (Å²) in [5.74, 6) is -0.643. The van der Waals surface area contributed by atoms with Crippen LogP contribution < -0.4 is 4.90 Å². The van der Waals surface area contributed by atoms with Crippen LogP contribution in [-0.4, -0.2) is 65.5 Å². The summed E-state index contributed by atoms with van der Waals surface area (Å²) in [6.45, 7) is 1.70. The van der Waals surface area contributed by atoms with Crippen molar-refractivity contribution in [1.29, 1.82) is 0 Å². The first-order valence-corrected chi connectivity index (χ1v) is 9.73. The van der Waals surface area contributed by atoms with E-state index in [0.29, 0.717) is 27.5 Å². The standard InChI is InChI=1S/C20H20Cl2N4O4/c1-10-18(25(4)20(29)30)16(12-6-5-11(21)7-13(12)22)17-14(23-10)8-26(19(17)28)9-15(27)24(2)3/h5-7H,8-9H2,1-4H3,(H,29,30). The van der Waals surface area contributed by atoms with Crippen LogP contribution in [0, 0.1) is 6.92 Å². The van der Waals surface area contributed by atoms with Crippen molar-refractivity contribution in [3.05, 3.63) is 45.2 Å². The van der Waals surface area contributed by atoms with Crippen molar-refractivity contribution in [2.45, 2.75) is 13.5 Å². The topological polar surface area (TPSA) is 94.0 Å². The van der Waals surface area contributed by atoms with Gasteiger partial charge in [0.1, 0.15) is 6.54 Å². The van der Waals surface area contributed by atoms with Gasteiger partial charge >= 0.3 is 6.09 Å². The molecule has 8 nitrogen and oxygen atoms in total. The molecule has 1 aliphatic heterocycles. The molecule has 1 aliphatic rings. The average Bonchev–Trinajstić information content (AvgIpc) is 2.95. The number of hydrogen-bond acceptors (Lipinski definition) is 4. The molecule has 30 heavy (non-hydrogen) atoms. The number of benzene rings is 1. The Morgan fingerprint density at radius 1 is 1.20 bits per heavy atom. The van der Waals surface area contributed by atoms with Gasteiger partial charge in [-0.2, -0.15) is 0 Å². The van der Waals surface area contributed by atoms with Crippen molar-refractivity contribution < 1.29 is 19.5 Å². The van der Waals surface area contributed by atoms with Crippen LogP contribution in [0.2, 0.25) is 10.0 Å². The average molecular weight is 451 g/mol. The molecule has 2 aromatic rings. The highest BCUT2D eigenvalue weighted by atomic mass is 35.5.